The van der Waals surface area contributed by atoms with Gasteiger partial charge in [-0.05, 0) is 24.3 Å². The molecule has 9 nitrogen and oxygen atoms in total. The molecular weight excluding hydrogens is 374 g/mol. The van der Waals surface area contributed by atoms with Gasteiger partial charge in [-0.15, -0.1) is 0 Å². The van der Waals surface area contributed by atoms with Crippen molar-refractivity contribution < 1.29 is 19.1 Å². The number of anilines is 2. The van der Waals surface area contributed by atoms with Crippen LogP contribution < -0.4 is 10.6 Å². The van der Waals surface area contributed by atoms with Crippen LogP contribution in [0.15, 0.2) is 24.3 Å². The summed E-state index contributed by atoms with van der Waals surface area (Å²) in [6.07, 6.45) is 0. The number of piperazine rings is 1. The first-order valence-corrected chi connectivity index (χ1v) is 9.97. The van der Waals surface area contributed by atoms with Crippen molar-refractivity contribution in [2.45, 2.75) is 6.92 Å². The normalized spacial score (nSPS) is 18.3. The van der Waals surface area contributed by atoms with E-state index in [4.69, 9.17) is 4.74 Å². The molecule has 3 rings (SSSR count). The summed E-state index contributed by atoms with van der Waals surface area (Å²) >= 11 is 0. The summed E-state index contributed by atoms with van der Waals surface area (Å²) < 4.78 is 5.31. The highest BCUT2D eigenvalue weighted by molar-refractivity contribution is 5.93. The highest BCUT2D eigenvalue weighted by Crippen LogP contribution is 2.13. The molecule has 1 aromatic carbocycles. The summed E-state index contributed by atoms with van der Waals surface area (Å²) in [6.45, 7) is 7.81. The minimum absolute atomic E-state index is 0.0922. The van der Waals surface area contributed by atoms with Crippen molar-refractivity contribution in [1.82, 2.24) is 14.7 Å². The van der Waals surface area contributed by atoms with E-state index in [-0.39, 0.29) is 17.7 Å². The van der Waals surface area contributed by atoms with Crippen molar-refractivity contribution in [1.29, 1.82) is 0 Å². The second kappa shape index (κ2) is 10.3. The summed E-state index contributed by atoms with van der Waals surface area (Å²) in [5.41, 5.74) is 1.37. The summed E-state index contributed by atoms with van der Waals surface area (Å²) in [5, 5.41) is 5.55. The first kappa shape index (κ1) is 21.2. The number of nitrogens with zero attached hydrogens (tertiary/aromatic N) is 3. The van der Waals surface area contributed by atoms with Crippen molar-refractivity contribution in [3.05, 3.63) is 24.3 Å². The summed E-state index contributed by atoms with van der Waals surface area (Å²) in [6, 6.07) is 7.00. The van der Waals surface area contributed by atoms with Crippen LogP contribution in [0.3, 0.4) is 0 Å². The van der Waals surface area contributed by atoms with Gasteiger partial charge in [-0.3, -0.25) is 24.2 Å². The molecule has 0 bridgehead atoms. The highest BCUT2D eigenvalue weighted by atomic mass is 16.5. The molecule has 1 aromatic rings. The van der Waals surface area contributed by atoms with Gasteiger partial charge in [-0.1, -0.05) is 0 Å². The van der Waals surface area contributed by atoms with Crippen molar-refractivity contribution in [2.75, 3.05) is 76.2 Å². The Bertz CT molecular complexity index is 710. The second-order valence-corrected chi connectivity index (χ2v) is 7.35. The van der Waals surface area contributed by atoms with Crippen LogP contribution in [0.5, 0.6) is 0 Å². The first-order chi connectivity index (χ1) is 14.0. The van der Waals surface area contributed by atoms with Gasteiger partial charge in [0.15, 0.2) is 0 Å². The Morgan fingerprint density at radius 2 is 1.38 bits per heavy atom. The zero-order chi connectivity index (χ0) is 20.6. The molecule has 0 unspecified atom stereocenters. The van der Waals surface area contributed by atoms with Gasteiger partial charge in [-0.25, -0.2) is 0 Å². The van der Waals surface area contributed by atoms with Crippen LogP contribution >= 0.6 is 0 Å². The lowest BCUT2D eigenvalue weighted by atomic mass is 10.2. The third-order valence-electron chi connectivity index (χ3n) is 5.04. The van der Waals surface area contributed by atoms with Gasteiger partial charge in [0.05, 0.1) is 26.3 Å². The van der Waals surface area contributed by atoms with Crippen LogP contribution in [0.4, 0.5) is 11.4 Å². The van der Waals surface area contributed by atoms with E-state index in [1.165, 1.54) is 6.92 Å². The van der Waals surface area contributed by atoms with Crippen molar-refractivity contribution in [3.8, 4) is 0 Å². The van der Waals surface area contributed by atoms with Gasteiger partial charge in [0, 0.05) is 57.6 Å². The van der Waals surface area contributed by atoms with Crippen molar-refractivity contribution in [3.63, 3.8) is 0 Å². The molecular formula is C20H29N5O4. The maximum atomic E-state index is 12.5. The number of hydrogen-bond donors (Lipinski definition) is 2. The van der Waals surface area contributed by atoms with Crippen LogP contribution in [0.2, 0.25) is 0 Å². The van der Waals surface area contributed by atoms with Crippen LogP contribution in [-0.4, -0.2) is 98.0 Å². The average Bonchev–Trinajstić information content (AvgIpc) is 2.70. The number of nitrogens with one attached hydrogen (secondary N) is 2. The molecule has 0 atom stereocenters. The predicted molar refractivity (Wildman–Crippen MR) is 110 cm³/mol. The fourth-order valence-corrected chi connectivity index (χ4v) is 3.45. The zero-order valence-electron chi connectivity index (χ0n) is 16.9. The Kier molecular flexibility index (Phi) is 7.56. The molecule has 2 fully saturated rings. The fraction of sp³-hybridized carbons (Fsp3) is 0.550. The molecule has 2 aliphatic heterocycles. The molecule has 0 aliphatic carbocycles. The van der Waals surface area contributed by atoms with E-state index >= 15 is 0 Å². The van der Waals surface area contributed by atoms with Crippen molar-refractivity contribution >= 4 is 29.1 Å². The van der Waals surface area contributed by atoms with Gasteiger partial charge in [0.1, 0.15) is 0 Å². The number of ether oxygens (including phenoxy) is 1. The molecule has 0 saturated carbocycles. The quantitative estimate of drug-likeness (QED) is 0.698. The molecule has 3 amide bonds. The van der Waals surface area contributed by atoms with E-state index in [9.17, 15) is 14.4 Å². The maximum Gasteiger partial charge on any atom is 0.238 e. The Balaban J connectivity index is 1.38. The SMILES string of the molecule is CC(=O)Nc1ccc(NC(=O)CN2CCN(C(=O)CN3CCOCC3)CC2)cc1. The second-order valence-electron chi connectivity index (χ2n) is 7.35. The zero-order valence-corrected chi connectivity index (χ0v) is 16.9. The van der Waals surface area contributed by atoms with E-state index < -0.39 is 0 Å². The van der Waals surface area contributed by atoms with Gasteiger partial charge < -0.3 is 20.3 Å². The molecule has 158 valence electrons. The molecule has 9 heteroatoms. The minimum Gasteiger partial charge on any atom is -0.379 e. The average molecular weight is 403 g/mol. The lowest BCUT2D eigenvalue weighted by Crippen LogP contribution is -2.53. The van der Waals surface area contributed by atoms with Gasteiger partial charge in [0.25, 0.3) is 0 Å². The molecule has 2 N–H and O–H groups in total. The summed E-state index contributed by atoms with van der Waals surface area (Å²) in [4.78, 5) is 41.9. The number of carbonyl (C=O) groups excluding carboxylic acids is 3. The standard InChI is InChI=1S/C20H29N5O4/c1-16(26)21-17-2-4-18(5-3-17)22-19(27)14-23-6-8-25(9-7-23)20(28)15-24-10-12-29-13-11-24/h2-5H,6-15H2,1H3,(H,21,26)(H,22,27). The summed E-state index contributed by atoms with van der Waals surface area (Å²) in [7, 11) is 0. The Labute approximate surface area is 171 Å². The predicted octanol–water partition coefficient (Wildman–Crippen LogP) is 0.0599. The third-order valence-corrected chi connectivity index (χ3v) is 5.04. The molecule has 2 heterocycles. The molecule has 2 aliphatic rings. The number of carbonyl (C=O) groups is 3. The van der Waals surface area contributed by atoms with Crippen LogP contribution in [0.25, 0.3) is 0 Å². The van der Waals surface area contributed by atoms with E-state index in [0.717, 1.165) is 13.1 Å². The number of amides is 3. The van der Waals surface area contributed by atoms with Crippen LogP contribution in [0, 0.1) is 0 Å². The number of hydrogen-bond acceptors (Lipinski definition) is 6. The van der Waals surface area contributed by atoms with E-state index in [0.29, 0.717) is 63.9 Å². The van der Waals surface area contributed by atoms with E-state index in [2.05, 4.69) is 20.4 Å². The molecule has 29 heavy (non-hydrogen) atoms. The van der Waals surface area contributed by atoms with Crippen molar-refractivity contribution in [2.24, 2.45) is 0 Å². The lowest BCUT2D eigenvalue weighted by molar-refractivity contribution is -0.135. The Hall–Kier alpha value is -2.49. The van der Waals surface area contributed by atoms with Gasteiger partial charge in [-0.2, -0.15) is 0 Å². The minimum atomic E-state index is -0.135. The van der Waals surface area contributed by atoms with E-state index in [1.807, 2.05) is 4.90 Å². The third kappa shape index (κ3) is 6.81. The lowest BCUT2D eigenvalue weighted by Gasteiger charge is -2.36. The van der Waals surface area contributed by atoms with Gasteiger partial charge >= 0.3 is 0 Å². The fourth-order valence-electron chi connectivity index (χ4n) is 3.45. The topological polar surface area (TPSA) is 94.2 Å². The van der Waals surface area contributed by atoms with E-state index in [1.54, 1.807) is 24.3 Å². The first-order valence-electron chi connectivity index (χ1n) is 9.97. The molecule has 0 aromatic heterocycles. The number of morpholine rings is 1. The van der Waals surface area contributed by atoms with Crippen LogP contribution in [-0.2, 0) is 19.1 Å². The smallest absolute Gasteiger partial charge is 0.238 e. The van der Waals surface area contributed by atoms with Gasteiger partial charge in [0.2, 0.25) is 17.7 Å². The maximum absolute atomic E-state index is 12.5. The largest absolute Gasteiger partial charge is 0.379 e. The Morgan fingerprint density at radius 1 is 0.828 bits per heavy atom. The molecule has 0 radical (unpaired) electrons. The number of rotatable bonds is 6. The Morgan fingerprint density at radius 3 is 1.97 bits per heavy atom. The summed E-state index contributed by atoms with van der Waals surface area (Å²) in [5.74, 6) is -0.0787. The number of benzene rings is 1. The van der Waals surface area contributed by atoms with Crippen LogP contribution in [0.1, 0.15) is 6.92 Å². The highest BCUT2D eigenvalue weighted by Gasteiger charge is 2.24. The molecule has 2 saturated heterocycles. The molecule has 0 spiro atoms. The monoisotopic (exact) mass is 403 g/mol.